The van der Waals surface area contributed by atoms with E-state index in [0.717, 1.165) is 0 Å². The molecule has 0 aliphatic carbocycles. The van der Waals surface area contributed by atoms with Crippen LogP contribution in [0, 0.1) is 5.41 Å². The van der Waals surface area contributed by atoms with E-state index in [9.17, 15) is 9.59 Å². The van der Waals surface area contributed by atoms with Gasteiger partial charge in [-0.1, -0.05) is 20.8 Å². The van der Waals surface area contributed by atoms with E-state index in [1.807, 2.05) is 6.92 Å². The summed E-state index contributed by atoms with van der Waals surface area (Å²) >= 11 is 0. The molecule has 0 aromatic carbocycles. The minimum Gasteiger partial charge on any atom is -0.480 e. The Labute approximate surface area is 108 Å². The first-order valence-corrected chi connectivity index (χ1v) is 6.02. The molecule has 0 unspecified atom stereocenters. The van der Waals surface area contributed by atoms with Gasteiger partial charge in [0.15, 0.2) is 0 Å². The number of amides is 2. The molecule has 0 saturated heterocycles. The maximum absolute atomic E-state index is 11.8. The van der Waals surface area contributed by atoms with E-state index in [1.165, 1.54) is 4.90 Å². The van der Waals surface area contributed by atoms with Crippen LogP contribution in [0.5, 0.6) is 0 Å². The molecule has 1 atom stereocenters. The van der Waals surface area contributed by atoms with Crippen molar-refractivity contribution in [1.82, 2.24) is 10.2 Å². The lowest BCUT2D eigenvalue weighted by Crippen LogP contribution is -2.52. The lowest BCUT2D eigenvalue weighted by molar-refractivity contribution is -0.142. The largest absolute Gasteiger partial charge is 0.480 e. The molecule has 0 rings (SSSR count). The number of nitrogens with zero attached hydrogens (tertiary/aromatic N) is 1. The molecule has 0 bridgehead atoms. The molecule has 0 radical (unpaired) electrons. The van der Waals surface area contributed by atoms with E-state index < -0.39 is 23.5 Å². The Balaban J connectivity index is 4.38. The van der Waals surface area contributed by atoms with Gasteiger partial charge in [-0.2, -0.15) is 0 Å². The monoisotopic (exact) mass is 260 g/mol. The second-order valence-electron chi connectivity index (χ2n) is 5.21. The summed E-state index contributed by atoms with van der Waals surface area (Å²) in [5.74, 6) is -1.03. The van der Waals surface area contributed by atoms with Crippen LogP contribution in [-0.4, -0.2) is 54.9 Å². The van der Waals surface area contributed by atoms with E-state index >= 15 is 0 Å². The highest BCUT2D eigenvalue weighted by molar-refractivity contribution is 5.83. The van der Waals surface area contributed by atoms with E-state index in [-0.39, 0.29) is 0 Å². The summed E-state index contributed by atoms with van der Waals surface area (Å²) in [5.41, 5.74) is -0.539. The van der Waals surface area contributed by atoms with Crippen LogP contribution in [0.25, 0.3) is 0 Å². The molecule has 18 heavy (non-hydrogen) atoms. The fourth-order valence-electron chi connectivity index (χ4n) is 1.33. The molecule has 106 valence electrons. The van der Waals surface area contributed by atoms with Gasteiger partial charge in [0.25, 0.3) is 0 Å². The molecule has 0 fully saturated rings. The maximum Gasteiger partial charge on any atom is 0.326 e. The van der Waals surface area contributed by atoms with E-state index in [0.29, 0.717) is 19.8 Å². The standard InChI is InChI=1S/C12H24N2O4/c1-6-18-8-7-14(5)11(17)13-9(10(15)16)12(2,3)4/h9H,6-8H2,1-5H3,(H,13,17)(H,15,16)/t9-/m0/s1. The first kappa shape index (κ1) is 16.7. The zero-order valence-corrected chi connectivity index (χ0v) is 11.8. The van der Waals surface area contributed by atoms with Gasteiger partial charge in [-0.15, -0.1) is 0 Å². The van der Waals surface area contributed by atoms with Crippen LogP contribution < -0.4 is 5.32 Å². The first-order valence-electron chi connectivity index (χ1n) is 6.02. The minimum absolute atomic E-state index is 0.406. The molecule has 2 amide bonds. The summed E-state index contributed by atoms with van der Waals surface area (Å²) in [5, 5.41) is 11.6. The topological polar surface area (TPSA) is 78.9 Å². The number of hydrogen-bond donors (Lipinski definition) is 2. The molecule has 0 heterocycles. The summed E-state index contributed by atoms with van der Waals surface area (Å²) in [4.78, 5) is 24.3. The van der Waals surface area contributed by atoms with Gasteiger partial charge in [0, 0.05) is 20.2 Å². The number of carbonyl (C=O) groups is 2. The van der Waals surface area contributed by atoms with Crippen molar-refractivity contribution >= 4 is 12.0 Å². The van der Waals surface area contributed by atoms with Crippen LogP contribution in [0.2, 0.25) is 0 Å². The lowest BCUT2D eigenvalue weighted by atomic mass is 9.87. The Kier molecular flexibility index (Phi) is 6.68. The number of carbonyl (C=O) groups excluding carboxylic acids is 1. The summed E-state index contributed by atoms with van der Waals surface area (Å²) < 4.78 is 5.14. The predicted molar refractivity (Wildman–Crippen MR) is 68.5 cm³/mol. The van der Waals surface area contributed by atoms with Gasteiger partial charge in [-0.05, 0) is 12.3 Å². The number of hydrogen-bond acceptors (Lipinski definition) is 3. The van der Waals surface area contributed by atoms with Crippen LogP contribution in [-0.2, 0) is 9.53 Å². The van der Waals surface area contributed by atoms with Gasteiger partial charge in [0.05, 0.1) is 6.61 Å². The highest BCUT2D eigenvalue weighted by atomic mass is 16.5. The van der Waals surface area contributed by atoms with Crippen molar-refractivity contribution in [3.63, 3.8) is 0 Å². The van der Waals surface area contributed by atoms with E-state index in [1.54, 1.807) is 27.8 Å². The molecule has 0 saturated carbocycles. The van der Waals surface area contributed by atoms with Crippen molar-refractivity contribution in [1.29, 1.82) is 0 Å². The van der Waals surface area contributed by atoms with Crippen molar-refractivity contribution < 1.29 is 19.4 Å². The number of ether oxygens (including phenoxy) is 1. The zero-order chi connectivity index (χ0) is 14.3. The number of nitrogens with one attached hydrogen (secondary N) is 1. The Morgan fingerprint density at radius 3 is 2.33 bits per heavy atom. The summed E-state index contributed by atoms with van der Waals surface area (Å²) in [7, 11) is 1.61. The van der Waals surface area contributed by atoms with Gasteiger partial charge in [-0.25, -0.2) is 9.59 Å². The van der Waals surface area contributed by atoms with Crippen molar-refractivity contribution in [3.05, 3.63) is 0 Å². The van der Waals surface area contributed by atoms with Crippen LogP contribution in [0.4, 0.5) is 4.79 Å². The Morgan fingerprint density at radius 2 is 1.94 bits per heavy atom. The van der Waals surface area contributed by atoms with Gasteiger partial charge < -0.3 is 20.1 Å². The van der Waals surface area contributed by atoms with Gasteiger partial charge >= 0.3 is 12.0 Å². The number of likely N-dealkylation sites (N-methyl/N-ethyl adjacent to an activating group) is 1. The highest BCUT2D eigenvalue weighted by Crippen LogP contribution is 2.19. The number of rotatable bonds is 6. The Morgan fingerprint density at radius 1 is 1.39 bits per heavy atom. The Hall–Kier alpha value is -1.30. The van der Waals surface area contributed by atoms with Crippen molar-refractivity contribution in [3.8, 4) is 0 Å². The molecular weight excluding hydrogens is 236 g/mol. The molecule has 0 aromatic rings. The number of urea groups is 1. The number of aliphatic carboxylic acids is 1. The average Bonchev–Trinajstić information content (AvgIpc) is 2.23. The normalized spacial score (nSPS) is 12.9. The second kappa shape index (κ2) is 7.20. The molecule has 0 aliphatic heterocycles. The van der Waals surface area contributed by atoms with Crippen molar-refractivity contribution in [2.24, 2.45) is 5.41 Å². The van der Waals surface area contributed by atoms with Crippen LogP contribution in [0.3, 0.4) is 0 Å². The lowest BCUT2D eigenvalue weighted by Gasteiger charge is -2.29. The second-order valence-corrected chi connectivity index (χ2v) is 5.21. The number of carboxylic acid groups (broad SMARTS) is 1. The van der Waals surface area contributed by atoms with Gasteiger partial charge in [0.2, 0.25) is 0 Å². The fraction of sp³-hybridized carbons (Fsp3) is 0.833. The van der Waals surface area contributed by atoms with E-state index in [2.05, 4.69) is 5.32 Å². The van der Waals surface area contributed by atoms with Crippen LogP contribution in [0.15, 0.2) is 0 Å². The predicted octanol–water partition coefficient (Wildman–Crippen LogP) is 1.16. The molecule has 0 spiro atoms. The van der Waals surface area contributed by atoms with E-state index in [4.69, 9.17) is 9.84 Å². The molecule has 0 aromatic heterocycles. The first-order chi connectivity index (χ1) is 8.20. The third-order valence-corrected chi connectivity index (χ3v) is 2.50. The number of carboxylic acids is 1. The molecular formula is C12H24N2O4. The molecule has 6 nitrogen and oxygen atoms in total. The summed E-state index contributed by atoms with van der Waals surface area (Å²) in [6.45, 7) is 8.64. The third kappa shape index (κ3) is 5.86. The Bertz CT molecular complexity index is 286. The minimum atomic E-state index is -1.03. The highest BCUT2D eigenvalue weighted by Gasteiger charge is 2.33. The maximum atomic E-state index is 11.8. The van der Waals surface area contributed by atoms with Crippen molar-refractivity contribution in [2.75, 3.05) is 26.8 Å². The quantitative estimate of drug-likeness (QED) is 0.702. The molecule has 2 N–H and O–H groups in total. The zero-order valence-electron chi connectivity index (χ0n) is 11.8. The summed E-state index contributed by atoms with van der Waals surface area (Å²) in [6, 6.07) is -1.32. The average molecular weight is 260 g/mol. The summed E-state index contributed by atoms with van der Waals surface area (Å²) in [6.07, 6.45) is 0. The smallest absolute Gasteiger partial charge is 0.326 e. The van der Waals surface area contributed by atoms with Gasteiger partial charge in [0.1, 0.15) is 6.04 Å². The third-order valence-electron chi connectivity index (χ3n) is 2.50. The molecule has 6 heteroatoms. The van der Waals surface area contributed by atoms with Crippen LogP contribution >= 0.6 is 0 Å². The van der Waals surface area contributed by atoms with Crippen LogP contribution in [0.1, 0.15) is 27.7 Å². The fourth-order valence-corrected chi connectivity index (χ4v) is 1.33. The molecule has 0 aliphatic rings. The van der Waals surface area contributed by atoms with Crippen molar-refractivity contribution in [2.45, 2.75) is 33.7 Å². The SMILES string of the molecule is CCOCCN(C)C(=O)N[C@@H](C(=O)O)C(C)(C)C. The van der Waals surface area contributed by atoms with Gasteiger partial charge in [-0.3, -0.25) is 0 Å².